The van der Waals surface area contributed by atoms with Gasteiger partial charge in [0.05, 0.1) is 19.5 Å². The predicted molar refractivity (Wildman–Crippen MR) is 107 cm³/mol. The number of aromatic amines is 1. The molecular formula is C21H24N4O5. The third kappa shape index (κ3) is 3.51. The van der Waals surface area contributed by atoms with Gasteiger partial charge < -0.3 is 25.2 Å². The van der Waals surface area contributed by atoms with Crippen molar-refractivity contribution in [2.75, 3.05) is 19.8 Å². The fourth-order valence-corrected chi connectivity index (χ4v) is 4.45. The van der Waals surface area contributed by atoms with Crippen LogP contribution in [0.25, 0.3) is 10.9 Å². The first-order chi connectivity index (χ1) is 14.4. The summed E-state index contributed by atoms with van der Waals surface area (Å²) in [6.07, 6.45) is 2.43. The van der Waals surface area contributed by atoms with Gasteiger partial charge in [-0.3, -0.25) is 19.2 Å². The molecule has 3 amide bonds. The van der Waals surface area contributed by atoms with Crippen molar-refractivity contribution in [2.45, 2.75) is 37.6 Å². The molecule has 2 aliphatic rings. The zero-order valence-electron chi connectivity index (χ0n) is 16.5. The lowest BCUT2D eigenvalue weighted by Gasteiger charge is -2.42. The number of carbonyl (C=O) groups is 4. The number of rotatable bonds is 5. The van der Waals surface area contributed by atoms with E-state index >= 15 is 0 Å². The van der Waals surface area contributed by atoms with Crippen molar-refractivity contribution in [3.8, 4) is 0 Å². The van der Waals surface area contributed by atoms with Crippen molar-refractivity contribution in [3.63, 3.8) is 0 Å². The van der Waals surface area contributed by atoms with Gasteiger partial charge in [0.2, 0.25) is 17.7 Å². The van der Waals surface area contributed by atoms with Crippen LogP contribution in [0.1, 0.15) is 31.2 Å². The average Bonchev–Trinajstić information content (AvgIpc) is 3.28. The number of carboxylic acids is 1. The van der Waals surface area contributed by atoms with Crippen LogP contribution in [-0.2, 0) is 25.6 Å². The van der Waals surface area contributed by atoms with Gasteiger partial charge in [0, 0.05) is 36.6 Å². The molecule has 2 aliphatic heterocycles. The monoisotopic (exact) mass is 412 g/mol. The second-order valence-electron chi connectivity index (χ2n) is 7.83. The number of amides is 3. The maximum Gasteiger partial charge on any atom is 0.303 e. The van der Waals surface area contributed by atoms with Crippen molar-refractivity contribution < 1.29 is 24.3 Å². The predicted octanol–water partition coefficient (Wildman–Crippen LogP) is 0.852. The van der Waals surface area contributed by atoms with Crippen molar-refractivity contribution in [2.24, 2.45) is 0 Å². The van der Waals surface area contributed by atoms with Crippen LogP contribution in [-0.4, -0.2) is 68.9 Å². The summed E-state index contributed by atoms with van der Waals surface area (Å²) in [6.45, 7) is 0.804. The number of carbonyl (C=O) groups excluding carboxylic acids is 3. The summed E-state index contributed by atoms with van der Waals surface area (Å²) in [5.41, 5.74) is 0.887. The third-order valence-electron chi connectivity index (χ3n) is 6.15. The molecule has 0 aliphatic carbocycles. The fraction of sp³-hybridized carbons (Fsp3) is 0.429. The standard InChI is InChI=1S/C21H24N4O5/c26-17(5-6-19(28)29)24-9-7-21(8-10-24)20(30)23-13-25(21)18(27)11-14-12-22-16-4-2-1-3-15(14)16/h1-4,12,22H,5-11,13H2,(H,23,30)(H,28,29). The summed E-state index contributed by atoms with van der Waals surface area (Å²) in [7, 11) is 0. The van der Waals surface area contributed by atoms with Crippen LogP contribution < -0.4 is 5.32 Å². The Hall–Kier alpha value is -3.36. The lowest BCUT2D eigenvalue weighted by molar-refractivity contribution is -0.146. The number of hydrogen-bond donors (Lipinski definition) is 3. The molecule has 0 radical (unpaired) electrons. The first kappa shape index (κ1) is 19.9. The number of carboxylic acid groups (broad SMARTS) is 1. The first-order valence-electron chi connectivity index (χ1n) is 10.0. The van der Waals surface area contributed by atoms with Crippen LogP contribution in [0.15, 0.2) is 30.5 Å². The smallest absolute Gasteiger partial charge is 0.303 e. The number of nitrogens with one attached hydrogen (secondary N) is 2. The molecule has 4 rings (SSSR count). The quantitative estimate of drug-likeness (QED) is 0.672. The van der Waals surface area contributed by atoms with Gasteiger partial charge in [-0.15, -0.1) is 0 Å². The number of aromatic nitrogens is 1. The van der Waals surface area contributed by atoms with E-state index in [4.69, 9.17) is 5.11 Å². The highest BCUT2D eigenvalue weighted by atomic mass is 16.4. The van der Waals surface area contributed by atoms with E-state index in [1.807, 2.05) is 30.5 Å². The Bertz CT molecular complexity index is 1010. The molecule has 2 saturated heterocycles. The highest BCUT2D eigenvalue weighted by Gasteiger charge is 2.52. The van der Waals surface area contributed by atoms with Crippen molar-refractivity contribution in [1.82, 2.24) is 20.1 Å². The van der Waals surface area contributed by atoms with Crippen LogP contribution in [0, 0.1) is 0 Å². The Kier molecular flexibility index (Phi) is 5.19. The minimum absolute atomic E-state index is 0.0578. The van der Waals surface area contributed by atoms with E-state index in [0.29, 0.717) is 25.9 Å². The van der Waals surface area contributed by atoms with Gasteiger partial charge in [0.15, 0.2) is 0 Å². The van der Waals surface area contributed by atoms with Crippen molar-refractivity contribution >= 4 is 34.6 Å². The molecule has 0 atom stereocenters. The summed E-state index contributed by atoms with van der Waals surface area (Å²) >= 11 is 0. The Balaban J connectivity index is 1.45. The molecule has 30 heavy (non-hydrogen) atoms. The Morgan fingerprint density at radius 2 is 1.80 bits per heavy atom. The SMILES string of the molecule is O=C(O)CCC(=O)N1CCC2(CC1)C(=O)NCN2C(=O)Cc1c[nH]c2ccccc12. The molecule has 2 fully saturated rings. The number of nitrogens with zero attached hydrogens (tertiary/aromatic N) is 2. The number of hydrogen-bond acceptors (Lipinski definition) is 4. The number of para-hydroxylation sites is 1. The highest BCUT2D eigenvalue weighted by molar-refractivity contribution is 5.96. The maximum absolute atomic E-state index is 13.1. The average molecular weight is 412 g/mol. The molecule has 0 saturated carbocycles. The van der Waals surface area contributed by atoms with Gasteiger partial charge in [-0.1, -0.05) is 18.2 Å². The van der Waals surface area contributed by atoms with E-state index in [1.54, 1.807) is 9.80 Å². The summed E-state index contributed by atoms with van der Waals surface area (Å²) < 4.78 is 0. The van der Waals surface area contributed by atoms with Gasteiger partial charge in [-0.05, 0) is 24.5 Å². The molecule has 9 heteroatoms. The van der Waals surface area contributed by atoms with Crippen LogP contribution in [0.3, 0.4) is 0 Å². The second-order valence-corrected chi connectivity index (χ2v) is 7.83. The number of piperidine rings is 1. The molecule has 3 heterocycles. The molecule has 1 aromatic carbocycles. The van der Waals surface area contributed by atoms with E-state index in [2.05, 4.69) is 10.3 Å². The zero-order chi connectivity index (χ0) is 21.3. The molecule has 0 unspecified atom stereocenters. The normalized spacial score (nSPS) is 18.1. The maximum atomic E-state index is 13.1. The highest BCUT2D eigenvalue weighted by Crippen LogP contribution is 2.33. The lowest BCUT2D eigenvalue weighted by atomic mass is 9.85. The number of benzene rings is 1. The molecule has 1 spiro atoms. The molecule has 158 valence electrons. The Morgan fingerprint density at radius 1 is 1.07 bits per heavy atom. The van der Waals surface area contributed by atoms with Gasteiger partial charge in [0.25, 0.3) is 0 Å². The summed E-state index contributed by atoms with van der Waals surface area (Å²) in [5.74, 6) is -1.57. The van der Waals surface area contributed by atoms with E-state index < -0.39 is 11.5 Å². The van der Waals surface area contributed by atoms with Gasteiger partial charge in [-0.25, -0.2) is 0 Å². The van der Waals surface area contributed by atoms with Crippen LogP contribution >= 0.6 is 0 Å². The van der Waals surface area contributed by atoms with Gasteiger partial charge in [-0.2, -0.15) is 0 Å². The summed E-state index contributed by atoms with van der Waals surface area (Å²) in [4.78, 5) is 55.1. The fourth-order valence-electron chi connectivity index (χ4n) is 4.45. The molecule has 1 aromatic heterocycles. The summed E-state index contributed by atoms with van der Waals surface area (Å²) in [6, 6.07) is 7.75. The number of fused-ring (bicyclic) bond motifs is 1. The van der Waals surface area contributed by atoms with Gasteiger partial charge in [0.1, 0.15) is 5.54 Å². The van der Waals surface area contributed by atoms with Crippen molar-refractivity contribution in [3.05, 3.63) is 36.0 Å². The van der Waals surface area contributed by atoms with Crippen LogP contribution in [0.2, 0.25) is 0 Å². The summed E-state index contributed by atoms with van der Waals surface area (Å²) in [5, 5.41) is 12.5. The molecule has 9 nitrogen and oxygen atoms in total. The number of H-pyrrole nitrogens is 1. The van der Waals surface area contributed by atoms with Crippen molar-refractivity contribution in [1.29, 1.82) is 0 Å². The van der Waals surface area contributed by atoms with Crippen LogP contribution in [0.4, 0.5) is 0 Å². The van der Waals surface area contributed by atoms with Crippen LogP contribution in [0.5, 0.6) is 0 Å². The molecule has 3 N–H and O–H groups in total. The topological polar surface area (TPSA) is 123 Å². The first-order valence-corrected chi connectivity index (χ1v) is 10.0. The van der Waals surface area contributed by atoms with Gasteiger partial charge >= 0.3 is 5.97 Å². The zero-order valence-corrected chi connectivity index (χ0v) is 16.5. The Morgan fingerprint density at radius 3 is 2.53 bits per heavy atom. The van der Waals surface area contributed by atoms with E-state index in [9.17, 15) is 19.2 Å². The minimum atomic E-state index is -1.01. The molecular weight excluding hydrogens is 388 g/mol. The molecule has 0 bridgehead atoms. The number of likely N-dealkylation sites (tertiary alicyclic amines) is 1. The van der Waals surface area contributed by atoms with E-state index in [0.717, 1.165) is 16.5 Å². The molecule has 2 aromatic rings. The Labute approximate surface area is 173 Å². The number of aliphatic carboxylic acids is 1. The van der Waals surface area contributed by atoms with E-state index in [1.165, 1.54) is 0 Å². The largest absolute Gasteiger partial charge is 0.481 e. The lowest BCUT2D eigenvalue weighted by Crippen LogP contribution is -2.58. The second kappa shape index (κ2) is 7.81. The van der Waals surface area contributed by atoms with E-state index in [-0.39, 0.29) is 43.7 Å². The third-order valence-corrected chi connectivity index (χ3v) is 6.15. The minimum Gasteiger partial charge on any atom is -0.481 e.